The van der Waals surface area contributed by atoms with Crippen LogP contribution in [0, 0.1) is 5.41 Å². The Labute approximate surface area is 151 Å². The molecule has 2 nitrogen and oxygen atoms in total. The van der Waals surface area contributed by atoms with Crippen molar-refractivity contribution in [2.45, 2.75) is 117 Å². The lowest BCUT2D eigenvalue weighted by Gasteiger charge is -2.17. The molecule has 0 aromatic heterocycles. The van der Waals surface area contributed by atoms with Crippen molar-refractivity contribution in [3.8, 4) is 0 Å². The van der Waals surface area contributed by atoms with Crippen molar-refractivity contribution < 1.29 is 9.90 Å². The first kappa shape index (κ1) is 23.2. The summed E-state index contributed by atoms with van der Waals surface area (Å²) >= 11 is 0. The minimum absolute atomic E-state index is 0.330. The molecular formula is C22H42O2. The molecule has 0 amide bonds. The third-order valence-electron chi connectivity index (χ3n) is 4.48. The Morgan fingerprint density at radius 1 is 0.708 bits per heavy atom. The van der Waals surface area contributed by atoms with Gasteiger partial charge in [-0.15, -0.1) is 0 Å². The number of rotatable bonds is 16. The van der Waals surface area contributed by atoms with E-state index in [1.165, 1.54) is 77.0 Å². The van der Waals surface area contributed by atoms with Gasteiger partial charge in [-0.1, -0.05) is 84.3 Å². The van der Waals surface area contributed by atoms with Gasteiger partial charge in [0.1, 0.15) is 0 Å². The molecule has 1 N–H and O–H groups in total. The van der Waals surface area contributed by atoms with Crippen LogP contribution < -0.4 is 0 Å². The van der Waals surface area contributed by atoms with E-state index in [1.807, 2.05) is 0 Å². The molecule has 0 radical (unpaired) electrons. The Balaban J connectivity index is 3.15. The van der Waals surface area contributed by atoms with Crippen molar-refractivity contribution in [2.24, 2.45) is 5.41 Å². The predicted molar refractivity (Wildman–Crippen MR) is 105 cm³/mol. The number of carboxylic acids is 1. The fourth-order valence-electron chi connectivity index (χ4n) is 2.93. The highest BCUT2D eigenvalue weighted by atomic mass is 16.4. The van der Waals surface area contributed by atoms with E-state index in [0.717, 1.165) is 12.8 Å². The van der Waals surface area contributed by atoms with Crippen LogP contribution >= 0.6 is 0 Å². The molecule has 24 heavy (non-hydrogen) atoms. The van der Waals surface area contributed by atoms with Crippen LogP contribution in [-0.4, -0.2) is 11.1 Å². The molecule has 0 unspecified atom stereocenters. The van der Waals surface area contributed by atoms with Gasteiger partial charge in [-0.05, 0) is 43.9 Å². The molecule has 0 saturated heterocycles. The van der Waals surface area contributed by atoms with Gasteiger partial charge in [0.05, 0.1) is 0 Å². The summed E-state index contributed by atoms with van der Waals surface area (Å²) in [6.45, 7) is 7.00. The standard InChI is InChI=1S/C22H42O2/c1-22(2,3)20-18-16-14-12-10-8-6-4-5-7-9-11-13-15-17-19-21(23)24/h4-5H,6-20H2,1-3H3,(H,23,24)/b5-4-. The first-order valence-electron chi connectivity index (χ1n) is 10.3. The Kier molecular flexibility index (Phi) is 15.2. The van der Waals surface area contributed by atoms with Crippen LogP contribution in [0.4, 0.5) is 0 Å². The van der Waals surface area contributed by atoms with Gasteiger partial charge in [0.25, 0.3) is 0 Å². The van der Waals surface area contributed by atoms with Gasteiger partial charge in [-0.2, -0.15) is 0 Å². The second kappa shape index (κ2) is 15.7. The van der Waals surface area contributed by atoms with Gasteiger partial charge in [-0.3, -0.25) is 4.79 Å². The van der Waals surface area contributed by atoms with Gasteiger partial charge >= 0.3 is 5.97 Å². The molecule has 0 fully saturated rings. The molecule has 0 aromatic rings. The minimum atomic E-state index is -0.664. The van der Waals surface area contributed by atoms with E-state index < -0.39 is 5.97 Å². The normalized spacial score (nSPS) is 12.1. The van der Waals surface area contributed by atoms with Crippen molar-refractivity contribution in [1.82, 2.24) is 0 Å². The number of hydrogen-bond donors (Lipinski definition) is 1. The van der Waals surface area contributed by atoms with E-state index in [4.69, 9.17) is 5.11 Å². The Morgan fingerprint density at radius 3 is 1.58 bits per heavy atom. The first-order valence-corrected chi connectivity index (χ1v) is 10.3. The summed E-state index contributed by atoms with van der Waals surface area (Å²) in [5.41, 5.74) is 0.503. The fraction of sp³-hybridized carbons (Fsp3) is 0.864. The first-order chi connectivity index (χ1) is 11.4. The van der Waals surface area contributed by atoms with E-state index in [2.05, 4.69) is 32.9 Å². The fourth-order valence-corrected chi connectivity index (χ4v) is 2.93. The van der Waals surface area contributed by atoms with E-state index >= 15 is 0 Å². The Morgan fingerprint density at radius 2 is 1.12 bits per heavy atom. The van der Waals surface area contributed by atoms with Crippen LogP contribution in [0.15, 0.2) is 12.2 Å². The number of carbonyl (C=O) groups is 1. The van der Waals surface area contributed by atoms with Crippen LogP contribution in [0.5, 0.6) is 0 Å². The largest absolute Gasteiger partial charge is 0.481 e. The minimum Gasteiger partial charge on any atom is -0.481 e. The maximum Gasteiger partial charge on any atom is 0.303 e. The maximum absolute atomic E-state index is 10.4. The molecule has 0 bridgehead atoms. The third-order valence-corrected chi connectivity index (χ3v) is 4.48. The summed E-state index contributed by atoms with van der Waals surface area (Å²) in [5.74, 6) is -0.664. The van der Waals surface area contributed by atoms with E-state index in [0.29, 0.717) is 11.8 Å². The highest BCUT2D eigenvalue weighted by molar-refractivity contribution is 5.66. The number of carboxylic acid groups (broad SMARTS) is 1. The van der Waals surface area contributed by atoms with E-state index in [-0.39, 0.29) is 0 Å². The van der Waals surface area contributed by atoms with Gasteiger partial charge in [0.2, 0.25) is 0 Å². The van der Waals surface area contributed by atoms with Gasteiger partial charge < -0.3 is 5.11 Å². The third kappa shape index (κ3) is 21.2. The van der Waals surface area contributed by atoms with E-state index in [9.17, 15) is 4.79 Å². The lowest BCUT2D eigenvalue weighted by molar-refractivity contribution is -0.137. The van der Waals surface area contributed by atoms with E-state index in [1.54, 1.807) is 0 Å². The van der Waals surface area contributed by atoms with Crippen LogP contribution in [0.1, 0.15) is 117 Å². The molecule has 0 atom stereocenters. The summed E-state index contributed by atoms with van der Waals surface area (Å²) in [5, 5.41) is 8.55. The molecule has 0 saturated carbocycles. The Hall–Kier alpha value is -0.790. The highest BCUT2D eigenvalue weighted by Gasteiger charge is 2.08. The van der Waals surface area contributed by atoms with Crippen molar-refractivity contribution in [3.63, 3.8) is 0 Å². The molecule has 0 aliphatic rings. The van der Waals surface area contributed by atoms with Crippen LogP contribution in [-0.2, 0) is 4.79 Å². The summed E-state index contributed by atoms with van der Waals surface area (Å²) in [6, 6.07) is 0. The number of allylic oxidation sites excluding steroid dienone is 2. The number of hydrogen-bond acceptors (Lipinski definition) is 1. The zero-order chi connectivity index (χ0) is 18.1. The lowest BCUT2D eigenvalue weighted by Crippen LogP contribution is -2.03. The van der Waals surface area contributed by atoms with Crippen LogP contribution in [0.2, 0.25) is 0 Å². The lowest BCUT2D eigenvalue weighted by atomic mass is 9.89. The molecular weight excluding hydrogens is 296 g/mol. The van der Waals surface area contributed by atoms with Crippen molar-refractivity contribution >= 4 is 5.97 Å². The average Bonchev–Trinajstić information content (AvgIpc) is 2.49. The van der Waals surface area contributed by atoms with Crippen molar-refractivity contribution in [1.29, 1.82) is 0 Å². The number of unbranched alkanes of at least 4 members (excludes halogenated alkanes) is 11. The zero-order valence-corrected chi connectivity index (χ0v) is 16.6. The molecule has 0 spiro atoms. The van der Waals surface area contributed by atoms with Gasteiger partial charge in [0.15, 0.2) is 0 Å². The SMILES string of the molecule is CC(C)(C)CCCCCCCC/C=C\CCCCCCCC(=O)O. The number of aliphatic carboxylic acids is 1. The van der Waals surface area contributed by atoms with Crippen LogP contribution in [0.25, 0.3) is 0 Å². The summed E-state index contributed by atoms with van der Waals surface area (Å²) in [6.07, 6.45) is 22.7. The summed E-state index contributed by atoms with van der Waals surface area (Å²) in [7, 11) is 0. The van der Waals surface area contributed by atoms with Crippen molar-refractivity contribution in [2.75, 3.05) is 0 Å². The molecule has 0 rings (SSSR count). The second-order valence-corrected chi connectivity index (χ2v) is 8.39. The van der Waals surface area contributed by atoms with Crippen LogP contribution in [0.3, 0.4) is 0 Å². The van der Waals surface area contributed by atoms with Crippen molar-refractivity contribution in [3.05, 3.63) is 12.2 Å². The second-order valence-electron chi connectivity index (χ2n) is 8.39. The van der Waals surface area contributed by atoms with Gasteiger partial charge in [-0.25, -0.2) is 0 Å². The molecule has 0 aliphatic heterocycles. The smallest absolute Gasteiger partial charge is 0.303 e. The quantitative estimate of drug-likeness (QED) is 0.233. The molecule has 0 aromatic carbocycles. The highest BCUT2D eigenvalue weighted by Crippen LogP contribution is 2.22. The topological polar surface area (TPSA) is 37.3 Å². The molecule has 2 heteroatoms. The zero-order valence-electron chi connectivity index (χ0n) is 16.6. The maximum atomic E-state index is 10.4. The Bertz CT molecular complexity index is 312. The molecule has 142 valence electrons. The molecule has 0 aliphatic carbocycles. The van der Waals surface area contributed by atoms with Gasteiger partial charge in [0, 0.05) is 6.42 Å². The summed E-state index contributed by atoms with van der Waals surface area (Å²) in [4.78, 5) is 10.4. The average molecular weight is 339 g/mol. The summed E-state index contributed by atoms with van der Waals surface area (Å²) < 4.78 is 0. The monoisotopic (exact) mass is 338 g/mol. The predicted octanol–water partition coefficient (Wildman–Crippen LogP) is 7.52. The molecule has 0 heterocycles.